The van der Waals surface area contributed by atoms with Crippen molar-refractivity contribution in [2.45, 2.75) is 6.54 Å². The van der Waals surface area contributed by atoms with Gasteiger partial charge in [0.15, 0.2) is 6.54 Å². The van der Waals surface area contributed by atoms with Gasteiger partial charge in [-0.05, 0) is 22.9 Å². The number of benzene rings is 3. The summed E-state index contributed by atoms with van der Waals surface area (Å²) in [6, 6.07) is 24.3. The van der Waals surface area contributed by atoms with Crippen LogP contribution >= 0.6 is 0 Å². The average molecular weight is 386 g/mol. The molecular formula is C24H26N4O+2. The van der Waals surface area contributed by atoms with Crippen LogP contribution in [0.25, 0.3) is 10.8 Å². The summed E-state index contributed by atoms with van der Waals surface area (Å²) in [6.07, 6.45) is 0. The lowest BCUT2D eigenvalue weighted by atomic mass is 10.0. The molecule has 0 spiro atoms. The second-order valence-corrected chi connectivity index (χ2v) is 7.70. The summed E-state index contributed by atoms with van der Waals surface area (Å²) in [7, 11) is 0. The second kappa shape index (κ2) is 8.87. The van der Waals surface area contributed by atoms with E-state index < -0.39 is 0 Å². The minimum Gasteiger partial charge on any atom is -0.322 e. The Hall–Kier alpha value is -3.20. The second-order valence-electron chi connectivity index (χ2n) is 7.70. The molecule has 1 saturated heterocycles. The summed E-state index contributed by atoms with van der Waals surface area (Å²) in [5, 5.41) is 14.7. The highest BCUT2D eigenvalue weighted by atomic mass is 16.2. The van der Waals surface area contributed by atoms with Crippen LogP contribution in [0.2, 0.25) is 0 Å². The zero-order valence-corrected chi connectivity index (χ0v) is 16.4. The van der Waals surface area contributed by atoms with Crippen molar-refractivity contribution in [2.24, 2.45) is 0 Å². The lowest BCUT2D eigenvalue weighted by Crippen LogP contribution is -3.28. The summed E-state index contributed by atoms with van der Waals surface area (Å²) in [5.41, 5.74) is 2.49. The number of anilines is 1. The van der Waals surface area contributed by atoms with E-state index >= 15 is 0 Å². The number of hydrogen-bond donors (Lipinski definition) is 3. The van der Waals surface area contributed by atoms with E-state index in [-0.39, 0.29) is 5.91 Å². The smallest absolute Gasteiger partial charge is 0.279 e. The van der Waals surface area contributed by atoms with E-state index in [1.165, 1.54) is 21.2 Å². The third kappa shape index (κ3) is 4.62. The Morgan fingerprint density at radius 3 is 2.41 bits per heavy atom. The highest BCUT2D eigenvalue weighted by molar-refractivity contribution is 5.92. The quantitative estimate of drug-likeness (QED) is 0.603. The largest absolute Gasteiger partial charge is 0.322 e. The Kier molecular flexibility index (Phi) is 5.85. The van der Waals surface area contributed by atoms with Gasteiger partial charge in [-0.2, -0.15) is 5.26 Å². The first-order valence-corrected chi connectivity index (χ1v) is 10.2. The van der Waals surface area contributed by atoms with E-state index in [1.807, 2.05) is 6.07 Å². The van der Waals surface area contributed by atoms with Crippen molar-refractivity contribution in [2.75, 3.05) is 38.0 Å². The van der Waals surface area contributed by atoms with Crippen LogP contribution in [0.5, 0.6) is 0 Å². The van der Waals surface area contributed by atoms with E-state index in [4.69, 9.17) is 5.26 Å². The van der Waals surface area contributed by atoms with Gasteiger partial charge in [0, 0.05) is 5.56 Å². The predicted octanol–water partition coefficient (Wildman–Crippen LogP) is 0.634. The Balaban J connectivity index is 1.30. The topological polar surface area (TPSA) is 61.8 Å². The van der Waals surface area contributed by atoms with Gasteiger partial charge in [-0.15, -0.1) is 0 Å². The van der Waals surface area contributed by atoms with Crippen LogP contribution in [-0.4, -0.2) is 38.6 Å². The van der Waals surface area contributed by atoms with Crippen molar-refractivity contribution in [1.29, 1.82) is 5.26 Å². The maximum absolute atomic E-state index is 12.4. The number of fused-ring (bicyclic) bond motifs is 1. The van der Waals surface area contributed by atoms with Gasteiger partial charge in [0.1, 0.15) is 38.8 Å². The highest BCUT2D eigenvalue weighted by Gasteiger charge is 2.25. The lowest BCUT2D eigenvalue weighted by Gasteiger charge is -2.29. The van der Waals surface area contributed by atoms with E-state index in [9.17, 15) is 4.79 Å². The summed E-state index contributed by atoms with van der Waals surface area (Å²) in [6.45, 7) is 5.54. The van der Waals surface area contributed by atoms with Crippen molar-refractivity contribution in [1.82, 2.24) is 0 Å². The standard InChI is InChI=1S/C24H24N4O/c25-16-20-7-2-4-11-23(20)26-24(29)18-28-14-12-27(13-15-28)17-21-9-5-8-19-6-1-3-10-22(19)21/h1-11H,12-15,17-18H2,(H,26,29)/p+2. The van der Waals surface area contributed by atoms with Crippen molar-refractivity contribution in [3.8, 4) is 6.07 Å². The molecule has 1 fully saturated rings. The molecule has 0 saturated carbocycles. The van der Waals surface area contributed by atoms with Gasteiger partial charge in [-0.25, -0.2) is 0 Å². The van der Waals surface area contributed by atoms with E-state index in [1.54, 1.807) is 23.1 Å². The van der Waals surface area contributed by atoms with Crippen molar-refractivity contribution in [3.05, 3.63) is 77.9 Å². The van der Waals surface area contributed by atoms with Gasteiger partial charge < -0.3 is 15.1 Å². The number of hydrogen-bond acceptors (Lipinski definition) is 2. The van der Waals surface area contributed by atoms with Crippen LogP contribution in [0.1, 0.15) is 11.1 Å². The number of piperazine rings is 1. The fourth-order valence-electron chi connectivity index (χ4n) is 4.14. The molecule has 5 nitrogen and oxygen atoms in total. The molecule has 1 heterocycles. The number of rotatable bonds is 5. The van der Waals surface area contributed by atoms with E-state index in [0.717, 1.165) is 32.7 Å². The Bertz CT molecular complexity index is 1040. The molecular weight excluding hydrogens is 360 g/mol. The number of carbonyl (C=O) groups is 1. The third-order valence-electron chi connectivity index (χ3n) is 5.72. The van der Waals surface area contributed by atoms with Crippen molar-refractivity contribution < 1.29 is 14.6 Å². The number of nitrogens with one attached hydrogen (secondary N) is 3. The first kappa shape index (κ1) is 19.1. The molecule has 1 amide bonds. The van der Waals surface area contributed by atoms with Gasteiger partial charge in [0.05, 0.1) is 11.3 Å². The fraction of sp³-hybridized carbons (Fsp3) is 0.250. The number of quaternary nitrogens is 2. The van der Waals surface area contributed by atoms with Gasteiger partial charge in [-0.1, -0.05) is 54.6 Å². The molecule has 1 aliphatic heterocycles. The molecule has 3 aromatic carbocycles. The molecule has 0 unspecified atom stereocenters. The molecule has 146 valence electrons. The highest BCUT2D eigenvalue weighted by Crippen LogP contribution is 2.17. The lowest BCUT2D eigenvalue weighted by molar-refractivity contribution is -1.01. The molecule has 29 heavy (non-hydrogen) atoms. The van der Waals surface area contributed by atoms with E-state index in [2.05, 4.69) is 53.9 Å². The average Bonchev–Trinajstić information content (AvgIpc) is 2.76. The van der Waals surface area contributed by atoms with Crippen LogP contribution in [0.3, 0.4) is 0 Å². The molecule has 5 heteroatoms. The molecule has 3 N–H and O–H groups in total. The SMILES string of the molecule is N#Cc1ccccc1NC(=O)C[NH+]1CC[NH+](Cc2cccc3ccccc23)CC1. The monoisotopic (exact) mass is 386 g/mol. The summed E-state index contributed by atoms with van der Waals surface area (Å²) in [5.74, 6) is -0.0276. The van der Waals surface area contributed by atoms with Gasteiger partial charge in [0.25, 0.3) is 5.91 Å². The van der Waals surface area contributed by atoms with Crippen molar-refractivity contribution in [3.63, 3.8) is 0 Å². The number of nitrogens with zero attached hydrogens (tertiary/aromatic N) is 1. The van der Waals surface area contributed by atoms with E-state index in [0.29, 0.717) is 17.8 Å². The summed E-state index contributed by atoms with van der Waals surface area (Å²) in [4.78, 5) is 15.3. The maximum atomic E-state index is 12.4. The molecule has 0 aromatic heterocycles. The minimum absolute atomic E-state index is 0.0276. The minimum atomic E-state index is -0.0276. The molecule has 4 rings (SSSR count). The fourth-order valence-corrected chi connectivity index (χ4v) is 4.14. The first-order valence-electron chi connectivity index (χ1n) is 10.2. The number of para-hydroxylation sites is 1. The summed E-state index contributed by atoms with van der Waals surface area (Å²) < 4.78 is 0. The number of amides is 1. The van der Waals surface area contributed by atoms with Crippen molar-refractivity contribution >= 4 is 22.4 Å². The van der Waals surface area contributed by atoms with Crippen LogP contribution in [0, 0.1) is 11.3 Å². The van der Waals surface area contributed by atoms with Crippen LogP contribution in [0.4, 0.5) is 5.69 Å². The number of nitriles is 1. The zero-order chi connectivity index (χ0) is 20.1. The third-order valence-corrected chi connectivity index (χ3v) is 5.72. The Labute approximate surface area is 171 Å². The number of carbonyl (C=O) groups excluding carboxylic acids is 1. The predicted molar refractivity (Wildman–Crippen MR) is 114 cm³/mol. The van der Waals surface area contributed by atoms with Crippen LogP contribution in [0.15, 0.2) is 66.7 Å². The van der Waals surface area contributed by atoms with Crippen LogP contribution in [-0.2, 0) is 11.3 Å². The normalized spacial score (nSPS) is 18.9. The molecule has 0 bridgehead atoms. The first-order chi connectivity index (χ1) is 14.2. The molecule has 1 aliphatic rings. The molecule has 0 radical (unpaired) electrons. The Morgan fingerprint density at radius 1 is 0.897 bits per heavy atom. The molecule has 0 aliphatic carbocycles. The summed E-state index contributed by atoms with van der Waals surface area (Å²) >= 11 is 0. The van der Waals surface area contributed by atoms with Crippen LogP contribution < -0.4 is 15.1 Å². The maximum Gasteiger partial charge on any atom is 0.279 e. The van der Waals surface area contributed by atoms with Gasteiger partial charge in [-0.3, -0.25) is 4.79 Å². The molecule has 0 atom stereocenters. The van der Waals surface area contributed by atoms with Gasteiger partial charge in [0.2, 0.25) is 0 Å². The Morgan fingerprint density at radius 2 is 1.59 bits per heavy atom. The van der Waals surface area contributed by atoms with Gasteiger partial charge >= 0.3 is 0 Å². The molecule has 3 aromatic rings. The zero-order valence-electron chi connectivity index (χ0n) is 16.4.